The predicted molar refractivity (Wildman–Crippen MR) is 150 cm³/mol. The van der Waals surface area contributed by atoms with E-state index in [0.717, 1.165) is 55.2 Å². The lowest BCUT2D eigenvalue weighted by Crippen LogP contribution is -2.40. The lowest BCUT2D eigenvalue weighted by Gasteiger charge is -2.35. The Labute approximate surface area is 241 Å². The maximum absolute atomic E-state index is 13.1. The third kappa shape index (κ3) is 5.72. The Hall–Kier alpha value is -3.92. The van der Waals surface area contributed by atoms with Crippen LogP contribution in [0.25, 0.3) is 22.4 Å². The van der Waals surface area contributed by atoms with Gasteiger partial charge in [0.2, 0.25) is 5.95 Å². The van der Waals surface area contributed by atoms with Crippen molar-refractivity contribution in [3.8, 4) is 28.1 Å². The summed E-state index contributed by atoms with van der Waals surface area (Å²) < 4.78 is 55.8. The van der Waals surface area contributed by atoms with Crippen LogP contribution in [0.1, 0.15) is 55.8 Å². The molecule has 10 heteroatoms. The van der Waals surface area contributed by atoms with Gasteiger partial charge in [-0.1, -0.05) is 47.6 Å². The molecule has 2 aromatic heterocycles. The lowest BCUT2D eigenvalue weighted by atomic mass is 9.82. The SMILES string of the molecule is FC(F)(F)Oc1ccccc1-c1noc(C2CC2)c1COC1CC2CCC(C1)C2Nc1ncc(-c2ccccc2)cn1. The van der Waals surface area contributed by atoms with Gasteiger partial charge in [-0.2, -0.15) is 0 Å². The Kier molecular flexibility index (Phi) is 7.09. The summed E-state index contributed by atoms with van der Waals surface area (Å²) >= 11 is 0. The molecule has 4 aromatic rings. The first-order chi connectivity index (χ1) is 20.4. The molecule has 2 atom stereocenters. The maximum Gasteiger partial charge on any atom is 0.573 e. The van der Waals surface area contributed by atoms with Gasteiger partial charge in [-0.25, -0.2) is 9.97 Å². The van der Waals surface area contributed by atoms with Crippen molar-refractivity contribution in [2.24, 2.45) is 11.8 Å². The quantitative estimate of drug-likeness (QED) is 0.218. The normalized spacial score (nSPS) is 23.6. The molecule has 2 heterocycles. The number of fused-ring (bicyclic) bond motifs is 2. The van der Waals surface area contributed by atoms with Crippen molar-refractivity contribution in [2.75, 3.05) is 5.32 Å². The molecule has 3 aliphatic rings. The molecule has 2 bridgehead atoms. The zero-order chi connectivity index (χ0) is 28.7. The van der Waals surface area contributed by atoms with Crippen LogP contribution in [0.5, 0.6) is 5.75 Å². The number of rotatable bonds is 9. The number of hydrogen-bond acceptors (Lipinski definition) is 7. The van der Waals surface area contributed by atoms with E-state index in [-0.39, 0.29) is 36.0 Å². The molecule has 0 amide bonds. The van der Waals surface area contributed by atoms with Gasteiger partial charge < -0.3 is 19.3 Å². The minimum atomic E-state index is -4.81. The van der Waals surface area contributed by atoms with E-state index in [1.807, 2.05) is 42.7 Å². The minimum absolute atomic E-state index is 0.0402. The Morgan fingerprint density at radius 2 is 1.55 bits per heavy atom. The van der Waals surface area contributed by atoms with Crippen molar-refractivity contribution < 1.29 is 27.2 Å². The van der Waals surface area contributed by atoms with Gasteiger partial charge in [0.1, 0.15) is 17.2 Å². The van der Waals surface area contributed by atoms with Gasteiger partial charge in [0.05, 0.1) is 12.7 Å². The highest BCUT2D eigenvalue weighted by Gasteiger charge is 2.44. The van der Waals surface area contributed by atoms with Crippen LogP contribution in [0, 0.1) is 11.8 Å². The van der Waals surface area contributed by atoms with Crippen molar-refractivity contribution in [3.63, 3.8) is 0 Å². The van der Waals surface area contributed by atoms with Gasteiger partial charge in [-0.3, -0.25) is 0 Å². The van der Waals surface area contributed by atoms with Gasteiger partial charge in [0, 0.05) is 41.0 Å². The highest BCUT2D eigenvalue weighted by molar-refractivity contribution is 5.70. The fraction of sp³-hybridized carbons (Fsp3) is 0.406. The molecule has 2 unspecified atom stereocenters. The molecule has 7 rings (SSSR count). The maximum atomic E-state index is 13.1. The summed E-state index contributed by atoms with van der Waals surface area (Å²) in [6.07, 6.45) is 4.88. The monoisotopic (exact) mass is 576 g/mol. The highest BCUT2D eigenvalue weighted by Crippen LogP contribution is 2.47. The molecule has 2 aromatic carbocycles. The number of nitrogens with one attached hydrogen (secondary N) is 1. The molecule has 42 heavy (non-hydrogen) atoms. The van der Waals surface area contributed by atoms with Crippen LogP contribution in [0.15, 0.2) is 71.5 Å². The van der Waals surface area contributed by atoms with Crippen molar-refractivity contribution >= 4 is 5.95 Å². The van der Waals surface area contributed by atoms with E-state index >= 15 is 0 Å². The number of halogens is 3. The number of nitrogens with zero attached hydrogens (tertiary/aromatic N) is 3. The molecule has 1 N–H and O–H groups in total. The van der Waals surface area contributed by atoms with Crippen molar-refractivity contribution in [3.05, 3.63) is 78.3 Å². The molecular weight excluding hydrogens is 545 g/mol. The Bertz CT molecular complexity index is 1510. The van der Waals surface area contributed by atoms with Crippen molar-refractivity contribution in [1.82, 2.24) is 15.1 Å². The third-order valence-electron chi connectivity index (χ3n) is 8.71. The zero-order valence-corrected chi connectivity index (χ0v) is 22.9. The molecule has 3 aliphatic carbocycles. The van der Waals surface area contributed by atoms with E-state index in [4.69, 9.17) is 9.26 Å². The molecule has 0 spiro atoms. The number of anilines is 1. The third-order valence-corrected chi connectivity index (χ3v) is 8.71. The van der Waals surface area contributed by atoms with Gasteiger partial charge in [-0.15, -0.1) is 13.2 Å². The summed E-state index contributed by atoms with van der Waals surface area (Å²) in [6.45, 7) is 0.233. The number of aromatic nitrogens is 3. The van der Waals surface area contributed by atoms with Crippen LogP contribution in [0.2, 0.25) is 0 Å². The van der Waals surface area contributed by atoms with E-state index in [0.29, 0.717) is 29.2 Å². The Morgan fingerprint density at radius 1 is 0.857 bits per heavy atom. The average molecular weight is 577 g/mol. The number of hydrogen-bond donors (Lipinski definition) is 1. The summed E-state index contributed by atoms with van der Waals surface area (Å²) in [6, 6.07) is 16.4. The van der Waals surface area contributed by atoms with Gasteiger partial charge in [0.25, 0.3) is 0 Å². The predicted octanol–water partition coefficient (Wildman–Crippen LogP) is 7.76. The number of alkyl halides is 3. The summed E-state index contributed by atoms with van der Waals surface area (Å²) in [5.74, 6) is 2.13. The first kappa shape index (κ1) is 26.9. The summed E-state index contributed by atoms with van der Waals surface area (Å²) in [5, 5.41) is 7.79. The number of ether oxygens (including phenoxy) is 2. The molecule has 0 aliphatic heterocycles. The van der Waals surface area contributed by atoms with Crippen LogP contribution >= 0.6 is 0 Å². The topological polar surface area (TPSA) is 82.3 Å². The van der Waals surface area contributed by atoms with Gasteiger partial charge in [0.15, 0.2) is 0 Å². The molecule has 0 radical (unpaired) electrons. The summed E-state index contributed by atoms with van der Waals surface area (Å²) in [7, 11) is 0. The minimum Gasteiger partial charge on any atom is -0.405 e. The first-order valence-electron chi connectivity index (χ1n) is 14.5. The van der Waals surface area contributed by atoms with Crippen molar-refractivity contribution in [1.29, 1.82) is 0 Å². The Balaban J connectivity index is 1.03. The summed E-state index contributed by atoms with van der Waals surface area (Å²) in [5.41, 5.74) is 3.38. The summed E-state index contributed by atoms with van der Waals surface area (Å²) in [4.78, 5) is 9.17. The van der Waals surface area contributed by atoms with E-state index in [1.54, 1.807) is 12.1 Å². The average Bonchev–Trinajstić information content (AvgIpc) is 3.70. The lowest BCUT2D eigenvalue weighted by molar-refractivity contribution is -0.274. The highest BCUT2D eigenvalue weighted by atomic mass is 19.4. The van der Waals surface area contributed by atoms with Crippen LogP contribution in [0.3, 0.4) is 0 Å². The van der Waals surface area contributed by atoms with Crippen LogP contribution < -0.4 is 10.1 Å². The first-order valence-corrected chi connectivity index (χ1v) is 14.5. The van der Waals surface area contributed by atoms with Gasteiger partial charge in [-0.05, 0) is 68.1 Å². The molecule has 7 nitrogen and oxygen atoms in total. The van der Waals surface area contributed by atoms with Gasteiger partial charge >= 0.3 is 6.36 Å². The second-order valence-corrected chi connectivity index (χ2v) is 11.5. The second-order valence-electron chi connectivity index (χ2n) is 11.5. The largest absolute Gasteiger partial charge is 0.573 e. The fourth-order valence-electron chi connectivity index (χ4n) is 6.59. The molecule has 3 fully saturated rings. The fourth-order valence-corrected chi connectivity index (χ4v) is 6.59. The molecular formula is C32H31F3N4O3. The van der Waals surface area contributed by atoms with E-state index in [9.17, 15) is 13.2 Å². The Morgan fingerprint density at radius 3 is 2.24 bits per heavy atom. The van der Waals surface area contributed by atoms with Crippen molar-refractivity contribution in [2.45, 2.75) is 69.6 Å². The zero-order valence-electron chi connectivity index (χ0n) is 22.9. The van der Waals surface area contributed by atoms with Crippen LogP contribution in [-0.2, 0) is 11.3 Å². The van der Waals surface area contributed by atoms with E-state index in [2.05, 4.69) is 25.2 Å². The smallest absolute Gasteiger partial charge is 0.405 e. The van der Waals surface area contributed by atoms with E-state index < -0.39 is 6.36 Å². The van der Waals surface area contributed by atoms with Crippen LogP contribution in [-0.4, -0.2) is 33.6 Å². The number of para-hydroxylation sites is 1. The molecule has 3 saturated carbocycles. The van der Waals surface area contributed by atoms with E-state index in [1.165, 1.54) is 12.1 Å². The number of benzene rings is 2. The second kappa shape index (κ2) is 11.1. The standard InChI is InChI=1S/C32H31F3N4O3/c33-32(34,35)41-27-9-5-4-8-25(27)29-26(30(42-39-29)20-10-11-20)18-40-24-14-21-12-13-22(15-24)28(21)38-31-36-16-23(17-37-31)19-6-2-1-3-7-19/h1-9,16-17,20-22,24,28H,10-15,18H2,(H,36,37,38). The molecule has 0 saturated heterocycles. The molecule has 218 valence electrons. The van der Waals surface area contributed by atoms with Crippen LogP contribution in [0.4, 0.5) is 19.1 Å².